The van der Waals surface area contributed by atoms with Crippen LogP contribution in [0.4, 0.5) is 0 Å². The Morgan fingerprint density at radius 3 is 2.36 bits per heavy atom. The summed E-state index contributed by atoms with van der Waals surface area (Å²) < 4.78 is 0. The van der Waals surface area contributed by atoms with Crippen molar-refractivity contribution in [3.63, 3.8) is 0 Å². The summed E-state index contributed by atoms with van der Waals surface area (Å²) in [7, 11) is 0. The second-order valence-corrected chi connectivity index (χ2v) is 4.91. The van der Waals surface area contributed by atoms with E-state index < -0.39 is 5.54 Å². The Bertz CT molecular complexity index is 224. The lowest BCUT2D eigenvalue weighted by molar-refractivity contribution is -0.122. The molecule has 0 aliphatic heterocycles. The van der Waals surface area contributed by atoms with Gasteiger partial charge < -0.3 is 11.1 Å². The Labute approximate surface area is 91.4 Å². The molecule has 0 unspecified atom stereocenters. The number of hydrogen-bond donors (Lipinski definition) is 2. The molecular weight excluding hydrogens is 196 g/mol. The van der Waals surface area contributed by atoms with Gasteiger partial charge in [0.2, 0.25) is 5.91 Å². The number of carbonyl (C=O) groups is 1. The van der Waals surface area contributed by atoms with Gasteiger partial charge in [-0.3, -0.25) is 4.79 Å². The molecule has 0 spiro atoms. The Kier molecular flexibility index (Phi) is 5.05. The summed E-state index contributed by atoms with van der Waals surface area (Å²) in [4.78, 5) is 11.8. The molecule has 82 valence electrons. The molecule has 0 heterocycles. The van der Waals surface area contributed by atoms with Crippen molar-refractivity contribution >= 4 is 23.1 Å². The van der Waals surface area contributed by atoms with Crippen LogP contribution in [-0.4, -0.2) is 16.4 Å². The number of amides is 1. The number of rotatable bonds is 5. The first-order valence-corrected chi connectivity index (χ1v) is 5.27. The van der Waals surface area contributed by atoms with E-state index in [9.17, 15) is 4.79 Å². The van der Waals surface area contributed by atoms with Crippen molar-refractivity contribution in [1.29, 1.82) is 0 Å². The van der Waals surface area contributed by atoms with Crippen LogP contribution < -0.4 is 11.1 Å². The lowest BCUT2D eigenvalue weighted by Gasteiger charge is -2.24. The summed E-state index contributed by atoms with van der Waals surface area (Å²) in [6.07, 6.45) is 1.42. The van der Waals surface area contributed by atoms with E-state index in [1.54, 1.807) is 0 Å². The fourth-order valence-corrected chi connectivity index (χ4v) is 0.943. The highest BCUT2D eigenvalue weighted by Crippen LogP contribution is 2.06. The van der Waals surface area contributed by atoms with Crippen LogP contribution in [0.15, 0.2) is 0 Å². The highest BCUT2D eigenvalue weighted by Gasteiger charge is 2.23. The number of nitrogens with one attached hydrogen (secondary N) is 1. The number of nitrogens with two attached hydrogens (primary N) is 1. The molecule has 0 saturated heterocycles. The maximum atomic E-state index is 11.4. The minimum Gasteiger partial charge on any atom is -0.391 e. The van der Waals surface area contributed by atoms with E-state index in [0.717, 1.165) is 6.42 Å². The molecule has 0 aromatic rings. The van der Waals surface area contributed by atoms with Gasteiger partial charge in [0.25, 0.3) is 0 Å². The fraction of sp³-hybridized carbons (Fsp3) is 0.800. The maximum absolute atomic E-state index is 11.4. The Balaban J connectivity index is 4.00. The quantitative estimate of drug-likeness (QED) is 0.686. The van der Waals surface area contributed by atoms with E-state index >= 15 is 0 Å². The molecule has 1 amide bonds. The Morgan fingerprint density at radius 2 is 2.00 bits per heavy atom. The first-order chi connectivity index (χ1) is 6.25. The Hall–Kier alpha value is -0.640. The predicted octanol–water partition coefficient (Wildman–Crippen LogP) is 1.60. The molecule has 0 aliphatic carbocycles. The van der Waals surface area contributed by atoms with E-state index in [4.69, 9.17) is 18.0 Å². The van der Waals surface area contributed by atoms with Crippen molar-refractivity contribution in [3.05, 3.63) is 0 Å². The average Bonchev–Trinajstić information content (AvgIpc) is 1.99. The standard InChI is InChI=1S/C10H20N2OS/c1-7(2)5-6-8(13)12-10(3,4)9(11)14/h7H,5-6H2,1-4H3,(H2,11,14)(H,12,13). The van der Waals surface area contributed by atoms with E-state index in [1.807, 2.05) is 13.8 Å². The molecule has 14 heavy (non-hydrogen) atoms. The second kappa shape index (κ2) is 5.29. The highest BCUT2D eigenvalue weighted by molar-refractivity contribution is 7.80. The monoisotopic (exact) mass is 216 g/mol. The van der Waals surface area contributed by atoms with Crippen LogP contribution in [-0.2, 0) is 4.79 Å². The van der Waals surface area contributed by atoms with Gasteiger partial charge in [-0.15, -0.1) is 0 Å². The number of hydrogen-bond acceptors (Lipinski definition) is 2. The molecule has 0 aromatic carbocycles. The zero-order chi connectivity index (χ0) is 11.4. The maximum Gasteiger partial charge on any atom is 0.220 e. The molecule has 4 heteroatoms. The molecule has 0 fully saturated rings. The van der Waals surface area contributed by atoms with Crippen molar-refractivity contribution in [3.8, 4) is 0 Å². The summed E-state index contributed by atoms with van der Waals surface area (Å²) in [5.41, 5.74) is 4.91. The van der Waals surface area contributed by atoms with E-state index in [2.05, 4.69) is 19.2 Å². The van der Waals surface area contributed by atoms with Crippen molar-refractivity contribution in [1.82, 2.24) is 5.32 Å². The SMILES string of the molecule is CC(C)CCC(=O)NC(C)(C)C(N)=S. The summed E-state index contributed by atoms with van der Waals surface area (Å²) in [6.45, 7) is 7.79. The van der Waals surface area contributed by atoms with Gasteiger partial charge in [0.1, 0.15) is 0 Å². The van der Waals surface area contributed by atoms with Crippen LogP contribution in [0.3, 0.4) is 0 Å². The molecule has 0 aromatic heterocycles. The summed E-state index contributed by atoms with van der Waals surface area (Å²) in [5.74, 6) is 0.546. The zero-order valence-corrected chi connectivity index (χ0v) is 10.2. The van der Waals surface area contributed by atoms with Gasteiger partial charge in [0.15, 0.2) is 0 Å². The van der Waals surface area contributed by atoms with Crippen LogP contribution >= 0.6 is 12.2 Å². The van der Waals surface area contributed by atoms with Gasteiger partial charge in [-0.25, -0.2) is 0 Å². The fourth-order valence-electron chi connectivity index (χ4n) is 0.892. The normalized spacial score (nSPS) is 11.5. The van der Waals surface area contributed by atoms with Gasteiger partial charge in [0.05, 0.1) is 10.5 Å². The summed E-state index contributed by atoms with van der Waals surface area (Å²) in [5, 5.41) is 2.81. The molecule has 0 rings (SSSR count). The Morgan fingerprint density at radius 1 is 1.50 bits per heavy atom. The predicted molar refractivity (Wildman–Crippen MR) is 63.1 cm³/mol. The van der Waals surface area contributed by atoms with Crippen molar-refractivity contribution < 1.29 is 4.79 Å². The van der Waals surface area contributed by atoms with E-state index in [1.165, 1.54) is 0 Å². The molecule has 3 nitrogen and oxygen atoms in total. The minimum atomic E-state index is -0.580. The van der Waals surface area contributed by atoms with Crippen molar-refractivity contribution in [2.45, 2.75) is 46.1 Å². The third-order valence-electron chi connectivity index (χ3n) is 2.02. The smallest absolute Gasteiger partial charge is 0.220 e. The highest BCUT2D eigenvalue weighted by atomic mass is 32.1. The summed E-state index contributed by atoms with van der Waals surface area (Å²) in [6, 6.07) is 0. The van der Waals surface area contributed by atoms with Crippen LogP contribution in [0.5, 0.6) is 0 Å². The molecule has 0 radical (unpaired) electrons. The minimum absolute atomic E-state index is 0.0106. The molecule has 0 aliphatic rings. The van der Waals surface area contributed by atoms with Gasteiger partial charge in [-0.1, -0.05) is 26.1 Å². The molecule has 0 bridgehead atoms. The lowest BCUT2D eigenvalue weighted by atomic mass is 10.0. The molecule has 3 N–H and O–H groups in total. The molecule has 0 atom stereocenters. The first-order valence-electron chi connectivity index (χ1n) is 4.86. The molecular formula is C10H20N2OS. The second-order valence-electron chi connectivity index (χ2n) is 4.47. The van der Waals surface area contributed by atoms with Crippen LogP contribution in [0.2, 0.25) is 0 Å². The molecule has 0 saturated carbocycles. The van der Waals surface area contributed by atoms with Gasteiger partial charge >= 0.3 is 0 Å². The van der Waals surface area contributed by atoms with Gasteiger partial charge in [-0.05, 0) is 26.2 Å². The largest absolute Gasteiger partial charge is 0.391 e. The van der Waals surface area contributed by atoms with Crippen LogP contribution in [0, 0.1) is 5.92 Å². The van der Waals surface area contributed by atoms with Crippen molar-refractivity contribution in [2.24, 2.45) is 11.7 Å². The van der Waals surface area contributed by atoms with Gasteiger partial charge in [0, 0.05) is 6.42 Å². The van der Waals surface area contributed by atoms with Crippen LogP contribution in [0.1, 0.15) is 40.5 Å². The lowest BCUT2D eigenvalue weighted by Crippen LogP contribution is -2.52. The van der Waals surface area contributed by atoms with Gasteiger partial charge in [-0.2, -0.15) is 0 Å². The summed E-state index contributed by atoms with van der Waals surface area (Å²) >= 11 is 4.85. The third-order valence-corrected chi connectivity index (χ3v) is 2.53. The van der Waals surface area contributed by atoms with E-state index in [0.29, 0.717) is 17.3 Å². The van der Waals surface area contributed by atoms with Crippen molar-refractivity contribution in [2.75, 3.05) is 0 Å². The zero-order valence-electron chi connectivity index (χ0n) is 9.39. The van der Waals surface area contributed by atoms with E-state index in [-0.39, 0.29) is 5.91 Å². The first kappa shape index (κ1) is 13.4. The third kappa shape index (κ3) is 5.17. The average molecular weight is 216 g/mol. The topological polar surface area (TPSA) is 55.1 Å². The van der Waals surface area contributed by atoms with Crippen LogP contribution in [0.25, 0.3) is 0 Å². The number of thiocarbonyl (C=S) groups is 1. The number of carbonyl (C=O) groups excluding carboxylic acids is 1.